The zero-order chi connectivity index (χ0) is 11.7. The molecule has 4 heteroatoms. The molecule has 0 radical (unpaired) electrons. The normalized spacial score (nSPS) is 11.6. The number of fused-ring (bicyclic) bond motifs is 1. The van der Waals surface area contributed by atoms with E-state index >= 15 is 0 Å². The number of hydrogen-bond donors (Lipinski definition) is 0. The molecule has 4 nitrogen and oxygen atoms in total. The molecule has 0 bridgehead atoms. The summed E-state index contributed by atoms with van der Waals surface area (Å²) in [5, 5.41) is 18.6. The van der Waals surface area contributed by atoms with Crippen LogP contribution in [0.15, 0.2) is 12.4 Å². The average molecular weight is 216 g/mol. The molecule has 0 N–H and O–H groups in total. The highest BCUT2D eigenvalue weighted by Crippen LogP contribution is 2.26. The third-order valence-electron chi connectivity index (χ3n) is 2.64. The van der Waals surface area contributed by atoms with Gasteiger partial charge in [-0.3, -0.25) is 0 Å². The van der Waals surface area contributed by atoms with Gasteiger partial charge < -0.3 is 0 Å². The first-order valence-corrected chi connectivity index (χ1v) is 5.58. The first kappa shape index (κ1) is 10.9. The molecule has 2 heterocycles. The zero-order valence-electron chi connectivity index (χ0n) is 10.1. The van der Waals surface area contributed by atoms with Gasteiger partial charge in [0.2, 0.25) is 0 Å². The Morgan fingerprint density at radius 1 is 0.750 bits per heavy atom. The molecule has 0 aromatic carbocycles. The minimum absolute atomic E-state index is 0.348. The molecule has 2 aromatic rings. The molecule has 0 spiro atoms. The molecular formula is C12H16N4. The van der Waals surface area contributed by atoms with E-state index in [4.69, 9.17) is 0 Å². The van der Waals surface area contributed by atoms with Crippen LogP contribution in [0.25, 0.3) is 10.8 Å². The second-order valence-electron chi connectivity index (χ2n) is 4.60. The molecule has 0 aliphatic rings. The van der Waals surface area contributed by atoms with Crippen molar-refractivity contribution in [3.63, 3.8) is 0 Å². The van der Waals surface area contributed by atoms with Crippen molar-refractivity contribution in [2.75, 3.05) is 0 Å². The van der Waals surface area contributed by atoms with E-state index in [2.05, 4.69) is 48.1 Å². The van der Waals surface area contributed by atoms with Gasteiger partial charge in [-0.05, 0) is 11.8 Å². The molecule has 0 saturated heterocycles. The molecule has 2 aromatic heterocycles. The molecule has 0 unspecified atom stereocenters. The molecular weight excluding hydrogens is 200 g/mol. The molecule has 0 amide bonds. The van der Waals surface area contributed by atoms with Crippen LogP contribution in [0.5, 0.6) is 0 Å². The van der Waals surface area contributed by atoms with E-state index in [0.717, 1.165) is 22.2 Å². The van der Waals surface area contributed by atoms with Crippen molar-refractivity contribution in [2.45, 2.75) is 39.5 Å². The summed E-state index contributed by atoms with van der Waals surface area (Å²) in [7, 11) is 0. The van der Waals surface area contributed by atoms with Gasteiger partial charge in [0.05, 0.1) is 23.8 Å². The fourth-order valence-electron chi connectivity index (χ4n) is 1.80. The quantitative estimate of drug-likeness (QED) is 0.774. The minimum Gasteiger partial charge on any atom is -0.158 e. The van der Waals surface area contributed by atoms with Crippen LogP contribution in [0, 0.1) is 0 Å². The Balaban J connectivity index is 2.77. The third-order valence-corrected chi connectivity index (χ3v) is 2.64. The molecule has 2 rings (SSSR count). The van der Waals surface area contributed by atoms with E-state index in [-0.39, 0.29) is 0 Å². The van der Waals surface area contributed by atoms with E-state index in [1.165, 1.54) is 0 Å². The van der Waals surface area contributed by atoms with Crippen molar-refractivity contribution in [3.8, 4) is 0 Å². The zero-order valence-corrected chi connectivity index (χ0v) is 10.1. The highest BCUT2D eigenvalue weighted by atomic mass is 15.1. The van der Waals surface area contributed by atoms with Crippen molar-refractivity contribution in [1.82, 2.24) is 20.4 Å². The first-order valence-electron chi connectivity index (χ1n) is 5.58. The summed E-state index contributed by atoms with van der Waals surface area (Å²) in [5.74, 6) is 0.695. The summed E-state index contributed by atoms with van der Waals surface area (Å²) >= 11 is 0. The second kappa shape index (κ2) is 4.12. The largest absolute Gasteiger partial charge is 0.158 e. The van der Waals surface area contributed by atoms with Crippen LogP contribution in [0.2, 0.25) is 0 Å². The van der Waals surface area contributed by atoms with Crippen molar-refractivity contribution in [1.29, 1.82) is 0 Å². The molecule has 0 fully saturated rings. The Labute approximate surface area is 95.1 Å². The van der Waals surface area contributed by atoms with E-state index in [1.54, 1.807) is 12.4 Å². The Morgan fingerprint density at radius 3 is 1.44 bits per heavy atom. The van der Waals surface area contributed by atoms with Crippen LogP contribution >= 0.6 is 0 Å². The SMILES string of the molecule is CC(C)c1nnc(C(C)C)c2cnncc12. The predicted octanol–water partition coefficient (Wildman–Crippen LogP) is 2.67. The number of aromatic nitrogens is 4. The van der Waals surface area contributed by atoms with Crippen LogP contribution in [0.4, 0.5) is 0 Å². The predicted molar refractivity (Wildman–Crippen MR) is 63.3 cm³/mol. The third kappa shape index (κ3) is 1.75. The monoisotopic (exact) mass is 216 g/mol. The Bertz CT molecular complexity index is 459. The maximum absolute atomic E-state index is 4.31. The maximum Gasteiger partial charge on any atom is 0.0751 e. The highest BCUT2D eigenvalue weighted by molar-refractivity contribution is 5.85. The minimum atomic E-state index is 0.348. The van der Waals surface area contributed by atoms with E-state index in [9.17, 15) is 0 Å². The van der Waals surface area contributed by atoms with Crippen molar-refractivity contribution < 1.29 is 0 Å². The standard InChI is InChI=1S/C12H16N4/c1-7(2)11-9-5-13-14-6-10(9)12(8(3)4)16-15-11/h5-8H,1-4H3. The van der Waals surface area contributed by atoms with Crippen LogP contribution in [-0.4, -0.2) is 20.4 Å². The van der Waals surface area contributed by atoms with Crippen LogP contribution < -0.4 is 0 Å². The lowest BCUT2D eigenvalue weighted by atomic mass is 10.0. The summed E-state index contributed by atoms with van der Waals surface area (Å²) in [4.78, 5) is 0. The maximum atomic E-state index is 4.31. The van der Waals surface area contributed by atoms with Crippen LogP contribution in [0.3, 0.4) is 0 Å². The fraction of sp³-hybridized carbons (Fsp3) is 0.500. The van der Waals surface area contributed by atoms with Gasteiger partial charge >= 0.3 is 0 Å². The van der Waals surface area contributed by atoms with Gasteiger partial charge in [-0.1, -0.05) is 27.7 Å². The lowest BCUT2D eigenvalue weighted by Gasteiger charge is -2.11. The van der Waals surface area contributed by atoms with Crippen LogP contribution in [0.1, 0.15) is 50.9 Å². The average Bonchev–Trinajstić information content (AvgIpc) is 2.27. The summed E-state index contributed by atoms with van der Waals surface area (Å²) in [6, 6.07) is 0. The van der Waals surface area contributed by atoms with Gasteiger partial charge in [0.25, 0.3) is 0 Å². The van der Waals surface area contributed by atoms with Gasteiger partial charge in [0.1, 0.15) is 0 Å². The van der Waals surface area contributed by atoms with E-state index in [0.29, 0.717) is 11.8 Å². The Kier molecular flexibility index (Phi) is 2.81. The fourth-order valence-corrected chi connectivity index (χ4v) is 1.80. The summed E-state index contributed by atoms with van der Waals surface area (Å²) in [6.07, 6.45) is 3.57. The van der Waals surface area contributed by atoms with Crippen LogP contribution in [-0.2, 0) is 0 Å². The summed E-state index contributed by atoms with van der Waals surface area (Å²) in [5.41, 5.74) is 1.99. The van der Waals surface area contributed by atoms with Gasteiger partial charge in [-0.25, -0.2) is 0 Å². The van der Waals surface area contributed by atoms with Gasteiger partial charge in [0.15, 0.2) is 0 Å². The number of rotatable bonds is 2. The lowest BCUT2D eigenvalue weighted by Crippen LogP contribution is -2.04. The molecule has 84 valence electrons. The molecule has 0 aliphatic heterocycles. The smallest absolute Gasteiger partial charge is 0.0751 e. The molecule has 0 saturated carbocycles. The number of hydrogen-bond acceptors (Lipinski definition) is 4. The van der Waals surface area contributed by atoms with Crippen molar-refractivity contribution >= 4 is 10.8 Å². The molecule has 16 heavy (non-hydrogen) atoms. The first-order chi connectivity index (χ1) is 7.61. The second-order valence-corrected chi connectivity index (χ2v) is 4.60. The van der Waals surface area contributed by atoms with Gasteiger partial charge in [0, 0.05) is 10.8 Å². The van der Waals surface area contributed by atoms with E-state index < -0.39 is 0 Å². The van der Waals surface area contributed by atoms with E-state index in [1.807, 2.05) is 0 Å². The molecule has 0 atom stereocenters. The van der Waals surface area contributed by atoms with Gasteiger partial charge in [-0.15, -0.1) is 0 Å². The Hall–Kier alpha value is -1.58. The highest BCUT2D eigenvalue weighted by Gasteiger charge is 2.14. The topological polar surface area (TPSA) is 51.6 Å². The van der Waals surface area contributed by atoms with Crippen molar-refractivity contribution in [2.24, 2.45) is 0 Å². The number of nitrogens with zero attached hydrogens (tertiary/aromatic N) is 4. The lowest BCUT2D eigenvalue weighted by molar-refractivity contribution is 0.748. The van der Waals surface area contributed by atoms with Crippen molar-refractivity contribution in [3.05, 3.63) is 23.8 Å². The summed E-state index contributed by atoms with van der Waals surface area (Å²) in [6.45, 7) is 8.44. The van der Waals surface area contributed by atoms with Gasteiger partial charge in [-0.2, -0.15) is 20.4 Å². The summed E-state index contributed by atoms with van der Waals surface area (Å²) < 4.78 is 0. The molecule has 0 aliphatic carbocycles. The Morgan fingerprint density at radius 2 is 1.12 bits per heavy atom.